The van der Waals surface area contributed by atoms with Gasteiger partial charge < -0.3 is 32.2 Å². The lowest BCUT2D eigenvalue weighted by Crippen LogP contribution is -2.61. The molecule has 0 bridgehead atoms. The molecule has 0 aliphatic carbocycles. The van der Waals surface area contributed by atoms with Gasteiger partial charge in [0.25, 0.3) is 0 Å². The minimum Gasteiger partial charge on any atom is -0.497 e. The minimum absolute atomic E-state index is 0.0143. The van der Waals surface area contributed by atoms with Gasteiger partial charge >= 0.3 is 0 Å². The molecule has 1 aliphatic heterocycles. The Labute approximate surface area is 326 Å². The summed E-state index contributed by atoms with van der Waals surface area (Å²) in [5.74, 6) is 0.834. The molecule has 2 aromatic rings. The predicted molar refractivity (Wildman–Crippen MR) is 227 cm³/mol. The molecular formula is C43H74O7Si3. The van der Waals surface area contributed by atoms with Gasteiger partial charge in [0.15, 0.2) is 25.0 Å². The first-order valence-corrected chi connectivity index (χ1v) is 28.3. The summed E-state index contributed by atoms with van der Waals surface area (Å²) in [7, 11) is -5.01. The van der Waals surface area contributed by atoms with Crippen LogP contribution in [0.1, 0.15) is 79.9 Å². The third-order valence-corrected chi connectivity index (χ3v) is 25.5. The van der Waals surface area contributed by atoms with Crippen molar-refractivity contribution in [2.75, 3.05) is 20.3 Å². The van der Waals surface area contributed by atoms with Crippen molar-refractivity contribution in [3.63, 3.8) is 0 Å². The van der Waals surface area contributed by atoms with Crippen molar-refractivity contribution >= 4 is 25.0 Å². The molecule has 3 rings (SSSR count). The van der Waals surface area contributed by atoms with Crippen LogP contribution in [0.3, 0.4) is 0 Å². The zero-order valence-electron chi connectivity index (χ0n) is 36.1. The zero-order chi connectivity index (χ0) is 39.9. The van der Waals surface area contributed by atoms with Crippen LogP contribution in [0.5, 0.6) is 5.75 Å². The molecule has 0 saturated carbocycles. The van der Waals surface area contributed by atoms with Crippen LogP contribution in [0.2, 0.25) is 54.4 Å². The van der Waals surface area contributed by atoms with Gasteiger partial charge in [0.1, 0.15) is 11.9 Å². The number of ether oxygens (including phenoxy) is 4. The van der Waals surface area contributed by atoms with E-state index in [0.29, 0.717) is 32.8 Å². The summed E-state index contributed by atoms with van der Waals surface area (Å²) in [5.41, 5.74) is 2.23. The van der Waals surface area contributed by atoms with Crippen molar-refractivity contribution in [2.24, 2.45) is 0 Å². The van der Waals surface area contributed by atoms with E-state index in [1.165, 1.54) is 0 Å². The molecule has 300 valence electrons. The number of hydrogen-bond donors (Lipinski definition) is 0. The second-order valence-corrected chi connectivity index (χ2v) is 33.6. The summed E-state index contributed by atoms with van der Waals surface area (Å²) < 4.78 is 47.1. The number of benzene rings is 2. The molecule has 10 heteroatoms. The van der Waals surface area contributed by atoms with Gasteiger partial charge in [0.05, 0.1) is 58.0 Å². The maximum Gasteiger partial charge on any atom is 0.192 e. The molecule has 0 spiro atoms. The van der Waals surface area contributed by atoms with E-state index in [1.807, 2.05) is 30.3 Å². The quantitative estimate of drug-likeness (QED) is 0.0899. The van der Waals surface area contributed by atoms with E-state index in [-0.39, 0.29) is 45.6 Å². The van der Waals surface area contributed by atoms with Gasteiger partial charge in [0, 0.05) is 6.42 Å². The second kappa shape index (κ2) is 18.6. The summed E-state index contributed by atoms with van der Waals surface area (Å²) >= 11 is 0. The van der Waals surface area contributed by atoms with E-state index in [2.05, 4.69) is 138 Å². The van der Waals surface area contributed by atoms with Crippen molar-refractivity contribution in [3.8, 4) is 5.75 Å². The number of rotatable bonds is 17. The van der Waals surface area contributed by atoms with Gasteiger partial charge in [-0.3, -0.25) is 0 Å². The molecule has 0 unspecified atom stereocenters. The van der Waals surface area contributed by atoms with Gasteiger partial charge in [-0.2, -0.15) is 0 Å². The van der Waals surface area contributed by atoms with E-state index in [1.54, 1.807) is 7.11 Å². The lowest BCUT2D eigenvalue weighted by Gasteiger charge is -2.51. The number of methoxy groups -OCH3 is 1. The van der Waals surface area contributed by atoms with Crippen molar-refractivity contribution < 1.29 is 32.2 Å². The molecule has 0 amide bonds. The topological polar surface area (TPSA) is 64.6 Å². The lowest BCUT2D eigenvalue weighted by molar-refractivity contribution is -0.175. The van der Waals surface area contributed by atoms with Crippen LogP contribution >= 0.6 is 0 Å². The molecular weight excluding hydrogens is 713 g/mol. The van der Waals surface area contributed by atoms with E-state index in [0.717, 1.165) is 16.9 Å². The van der Waals surface area contributed by atoms with Gasteiger partial charge in [-0.05, 0) is 77.7 Å². The maximum atomic E-state index is 7.40. The molecule has 0 N–H and O–H groups in total. The standard InChI is InChI=1S/C43H74O7Si3/c1-41(2,3)51(11,12)48-38-29-37(39(49-52(13,14)42(4,5)6)32-46-31-33-21-18-17-19-22-33)47-36(40(38)50-53(15,16)43(7,8)9)23-20-28-45-30-34-24-26-35(44-10)27-25-34/h17-27,36-40H,28-32H2,1-16H3/b23-20+/t36-,37+,38+,39+,40-/m0/s1. The van der Waals surface area contributed by atoms with Crippen LogP contribution < -0.4 is 4.74 Å². The average molecular weight is 787 g/mol. The van der Waals surface area contributed by atoms with E-state index in [4.69, 9.17) is 32.2 Å². The average Bonchev–Trinajstić information content (AvgIpc) is 3.04. The highest BCUT2D eigenvalue weighted by molar-refractivity contribution is 6.75. The van der Waals surface area contributed by atoms with E-state index < -0.39 is 25.0 Å². The second-order valence-electron chi connectivity index (χ2n) is 19.3. The fourth-order valence-corrected chi connectivity index (χ4v) is 9.42. The summed E-state index contributed by atoms with van der Waals surface area (Å²) in [5, 5.41) is 0.0596. The largest absolute Gasteiger partial charge is 0.497 e. The van der Waals surface area contributed by atoms with Crippen molar-refractivity contribution in [3.05, 3.63) is 77.9 Å². The molecule has 1 saturated heterocycles. The fraction of sp³-hybridized carbons (Fsp3) is 0.674. The maximum absolute atomic E-state index is 7.40. The molecule has 1 fully saturated rings. The Morgan fingerprint density at radius 1 is 0.698 bits per heavy atom. The van der Waals surface area contributed by atoms with Gasteiger partial charge in [-0.15, -0.1) is 0 Å². The Kier molecular flexibility index (Phi) is 16.0. The molecule has 1 heterocycles. The van der Waals surface area contributed by atoms with Crippen LogP contribution in [0.4, 0.5) is 0 Å². The van der Waals surface area contributed by atoms with Crippen LogP contribution in [-0.4, -0.2) is 75.8 Å². The summed E-state index contributed by atoms with van der Waals surface area (Å²) in [6.45, 7) is 36.5. The van der Waals surface area contributed by atoms with Crippen molar-refractivity contribution in [1.82, 2.24) is 0 Å². The van der Waals surface area contributed by atoms with Crippen LogP contribution in [0.25, 0.3) is 0 Å². The summed E-state index contributed by atoms with van der Waals surface area (Å²) in [6, 6.07) is 18.3. The Bertz CT molecular complexity index is 1410. The SMILES string of the molecule is COc1ccc(COC/C=C/[C@@H]2O[C@@H]([C@@H](COCc3ccccc3)O[Si](C)(C)C(C)(C)C)C[C@@H](O[Si](C)(C)C(C)(C)C)[C@H]2O[Si](C)(C)C(C)(C)C)cc1. The van der Waals surface area contributed by atoms with Crippen LogP contribution in [0.15, 0.2) is 66.7 Å². The molecule has 0 radical (unpaired) electrons. The van der Waals surface area contributed by atoms with Crippen molar-refractivity contribution in [1.29, 1.82) is 0 Å². The Hall–Kier alpha value is -1.61. The normalized spacial score (nSPS) is 21.6. The molecule has 1 aliphatic rings. The van der Waals surface area contributed by atoms with Gasteiger partial charge in [-0.1, -0.05) is 117 Å². The van der Waals surface area contributed by atoms with Gasteiger partial charge in [0.2, 0.25) is 0 Å². The highest BCUT2D eigenvalue weighted by atomic mass is 28.4. The first-order chi connectivity index (χ1) is 24.4. The molecule has 53 heavy (non-hydrogen) atoms. The highest BCUT2D eigenvalue weighted by Crippen LogP contribution is 2.45. The van der Waals surface area contributed by atoms with Crippen molar-refractivity contribution in [2.45, 2.75) is 167 Å². The molecule has 0 aromatic heterocycles. The molecule has 7 nitrogen and oxygen atoms in total. The zero-order valence-corrected chi connectivity index (χ0v) is 39.1. The number of hydrogen-bond acceptors (Lipinski definition) is 7. The van der Waals surface area contributed by atoms with Gasteiger partial charge in [-0.25, -0.2) is 0 Å². The Balaban J connectivity index is 2.01. The lowest BCUT2D eigenvalue weighted by atomic mass is 9.95. The smallest absolute Gasteiger partial charge is 0.192 e. The predicted octanol–water partition coefficient (Wildman–Crippen LogP) is 11.3. The fourth-order valence-electron chi connectivity index (χ4n) is 5.43. The third kappa shape index (κ3) is 13.2. The highest BCUT2D eigenvalue weighted by Gasteiger charge is 2.51. The van der Waals surface area contributed by atoms with E-state index >= 15 is 0 Å². The third-order valence-electron chi connectivity index (χ3n) is 12.0. The first-order valence-electron chi connectivity index (χ1n) is 19.5. The summed E-state index contributed by atoms with van der Waals surface area (Å²) in [4.78, 5) is 0. The summed E-state index contributed by atoms with van der Waals surface area (Å²) in [6.07, 6.45) is 3.53. The van der Waals surface area contributed by atoms with E-state index in [9.17, 15) is 0 Å². The molecule has 5 atom stereocenters. The Morgan fingerprint density at radius 2 is 1.23 bits per heavy atom. The minimum atomic E-state index is -2.24. The van der Waals surface area contributed by atoms with Crippen LogP contribution in [-0.2, 0) is 40.7 Å². The Morgan fingerprint density at radius 3 is 1.77 bits per heavy atom. The van der Waals surface area contributed by atoms with Crippen LogP contribution in [0, 0.1) is 0 Å². The molecule has 2 aromatic carbocycles. The monoisotopic (exact) mass is 786 g/mol. The first kappa shape index (κ1) is 45.8.